The highest BCUT2D eigenvalue weighted by Gasteiger charge is 1.95. The van der Waals surface area contributed by atoms with E-state index in [0.717, 1.165) is 0 Å². The molecule has 0 saturated heterocycles. The first kappa shape index (κ1) is 16.0. The minimum Gasteiger partial charge on any atom is -0.481 e. The largest absolute Gasteiger partial charge is 0.481 e. The predicted molar refractivity (Wildman–Crippen MR) is 52.3 cm³/mol. The molecule has 0 fully saturated rings. The highest BCUT2D eigenvalue weighted by Crippen LogP contribution is 1.78. The van der Waals surface area contributed by atoms with Crippen LogP contribution in [-0.2, 0) is 14.3 Å². The number of azide groups is 2. The number of carbonyl (C=O) groups excluding carboxylic acids is 1. The molecule has 0 spiro atoms. The molecule has 10 heteroatoms. The molecule has 0 heterocycles. The lowest BCUT2D eigenvalue weighted by molar-refractivity contribution is -0.141. The summed E-state index contributed by atoms with van der Waals surface area (Å²) in [5.41, 5.74) is 15.2. The van der Waals surface area contributed by atoms with Gasteiger partial charge in [-0.15, -0.1) is 0 Å². The summed E-state index contributed by atoms with van der Waals surface area (Å²) < 4.78 is 4.44. The van der Waals surface area contributed by atoms with E-state index >= 15 is 0 Å². The van der Waals surface area contributed by atoms with Gasteiger partial charge in [0.25, 0.3) is 0 Å². The monoisotopic (exact) mass is 230 g/mol. The molecule has 1 N–H and O–H groups in total. The topological polar surface area (TPSA) is 161 Å². The van der Waals surface area contributed by atoms with Crippen LogP contribution in [0.2, 0.25) is 0 Å². The zero-order valence-electron chi connectivity index (χ0n) is 8.48. The maximum Gasteiger partial charge on any atom is 0.311 e. The molecule has 0 aromatic heterocycles. The SMILES string of the molecule is CCOC(=O)CN=[N+]=[N-].[N-]=[N+]=NCC(=O)O. The standard InChI is InChI=1S/C4H7N3O2.C2H3N3O2/c1-2-9-4(8)3-6-7-5;3-5-4-1-2(6)7/h2-3H2,1H3;1H2,(H,6,7). The van der Waals surface area contributed by atoms with Crippen molar-refractivity contribution in [2.45, 2.75) is 6.92 Å². The van der Waals surface area contributed by atoms with E-state index in [1.54, 1.807) is 6.92 Å². The Hall–Kier alpha value is -2.44. The molecule has 88 valence electrons. The van der Waals surface area contributed by atoms with Crippen molar-refractivity contribution in [1.82, 2.24) is 0 Å². The molecule has 0 aromatic carbocycles. The van der Waals surface area contributed by atoms with Crippen molar-refractivity contribution in [3.05, 3.63) is 20.9 Å². The summed E-state index contributed by atoms with van der Waals surface area (Å²) in [5, 5.41) is 13.5. The van der Waals surface area contributed by atoms with Gasteiger partial charge in [0, 0.05) is 9.82 Å². The molecular weight excluding hydrogens is 220 g/mol. The van der Waals surface area contributed by atoms with E-state index in [4.69, 9.17) is 16.2 Å². The molecule has 0 radical (unpaired) electrons. The van der Waals surface area contributed by atoms with Crippen LogP contribution in [0.15, 0.2) is 10.2 Å². The van der Waals surface area contributed by atoms with Gasteiger partial charge in [-0.3, -0.25) is 9.59 Å². The lowest BCUT2D eigenvalue weighted by Crippen LogP contribution is -2.06. The van der Waals surface area contributed by atoms with Gasteiger partial charge >= 0.3 is 11.9 Å². The highest BCUT2D eigenvalue weighted by atomic mass is 16.5. The van der Waals surface area contributed by atoms with E-state index in [1.807, 2.05) is 0 Å². The lowest BCUT2D eigenvalue weighted by Gasteiger charge is -1.94. The lowest BCUT2D eigenvalue weighted by atomic mass is 10.7. The van der Waals surface area contributed by atoms with Crippen LogP contribution in [0.1, 0.15) is 6.92 Å². The molecule has 0 aliphatic rings. The van der Waals surface area contributed by atoms with Crippen LogP contribution >= 0.6 is 0 Å². The molecule has 0 bridgehead atoms. The number of esters is 1. The van der Waals surface area contributed by atoms with Gasteiger partial charge in [0.05, 0.1) is 6.61 Å². The van der Waals surface area contributed by atoms with Crippen LogP contribution in [0.25, 0.3) is 20.9 Å². The van der Waals surface area contributed by atoms with Crippen molar-refractivity contribution in [2.24, 2.45) is 10.2 Å². The summed E-state index contributed by atoms with van der Waals surface area (Å²) in [7, 11) is 0. The molecule has 0 aliphatic heterocycles. The summed E-state index contributed by atoms with van der Waals surface area (Å²) in [6.07, 6.45) is 0. The number of hydrogen-bond acceptors (Lipinski definition) is 5. The number of aliphatic carboxylic acids is 1. The minimum atomic E-state index is -1.11. The second kappa shape index (κ2) is 12.6. The van der Waals surface area contributed by atoms with Crippen LogP contribution in [0, 0.1) is 0 Å². The van der Waals surface area contributed by atoms with E-state index in [0.29, 0.717) is 6.61 Å². The quantitative estimate of drug-likeness (QED) is 0.325. The van der Waals surface area contributed by atoms with Crippen molar-refractivity contribution >= 4 is 11.9 Å². The third-order valence-corrected chi connectivity index (χ3v) is 0.838. The maximum absolute atomic E-state index is 10.3. The third kappa shape index (κ3) is 17.6. The van der Waals surface area contributed by atoms with E-state index < -0.39 is 18.5 Å². The summed E-state index contributed by atoms with van der Waals surface area (Å²) in [4.78, 5) is 24.4. The number of rotatable bonds is 5. The number of hydrogen-bond donors (Lipinski definition) is 1. The zero-order valence-corrected chi connectivity index (χ0v) is 8.48. The van der Waals surface area contributed by atoms with E-state index in [1.165, 1.54) is 0 Å². The van der Waals surface area contributed by atoms with Crippen LogP contribution in [0.4, 0.5) is 0 Å². The zero-order chi connectivity index (χ0) is 12.8. The fourth-order valence-electron chi connectivity index (χ4n) is 0.388. The van der Waals surface area contributed by atoms with Gasteiger partial charge in [-0.2, -0.15) is 0 Å². The van der Waals surface area contributed by atoms with E-state index in [2.05, 4.69) is 24.8 Å². The molecular formula is C6H10N6O4. The molecule has 0 aromatic rings. The molecule has 0 saturated carbocycles. The van der Waals surface area contributed by atoms with Crippen LogP contribution in [-0.4, -0.2) is 36.7 Å². The summed E-state index contributed by atoms with van der Waals surface area (Å²) in [5.74, 6) is -1.60. The fourth-order valence-corrected chi connectivity index (χ4v) is 0.388. The molecule has 0 atom stereocenters. The number of ether oxygens (including phenoxy) is 1. The Morgan fingerprint density at radius 1 is 1.25 bits per heavy atom. The molecule has 0 unspecified atom stereocenters. The molecule has 0 rings (SSSR count). The number of carboxylic acid groups (broad SMARTS) is 1. The first-order chi connectivity index (χ1) is 7.58. The van der Waals surface area contributed by atoms with Gasteiger partial charge in [-0.25, -0.2) is 0 Å². The Balaban J connectivity index is 0. The minimum absolute atomic E-state index is 0.218. The second-order valence-corrected chi connectivity index (χ2v) is 1.98. The first-order valence-electron chi connectivity index (χ1n) is 3.97. The molecule has 10 nitrogen and oxygen atoms in total. The summed E-state index contributed by atoms with van der Waals surface area (Å²) >= 11 is 0. The normalized spacial score (nSPS) is 7.31. The van der Waals surface area contributed by atoms with Crippen LogP contribution in [0.3, 0.4) is 0 Å². The van der Waals surface area contributed by atoms with Gasteiger partial charge in [0.2, 0.25) is 0 Å². The van der Waals surface area contributed by atoms with Gasteiger partial charge in [-0.05, 0) is 18.0 Å². The van der Waals surface area contributed by atoms with Crippen molar-refractivity contribution < 1.29 is 19.4 Å². The van der Waals surface area contributed by atoms with Gasteiger partial charge in [0.1, 0.15) is 13.1 Å². The smallest absolute Gasteiger partial charge is 0.311 e. The van der Waals surface area contributed by atoms with Crippen LogP contribution < -0.4 is 0 Å². The number of carbonyl (C=O) groups is 2. The van der Waals surface area contributed by atoms with Crippen molar-refractivity contribution in [2.75, 3.05) is 19.7 Å². The Morgan fingerprint density at radius 3 is 2.06 bits per heavy atom. The Morgan fingerprint density at radius 2 is 1.75 bits per heavy atom. The maximum atomic E-state index is 10.3. The molecule has 16 heavy (non-hydrogen) atoms. The van der Waals surface area contributed by atoms with Crippen molar-refractivity contribution in [3.63, 3.8) is 0 Å². The second-order valence-electron chi connectivity index (χ2n) is 1.98. The summed E-state index contributed by atoms with van der Waals surface area (Å²) in [6, 6.07) is 0. The van der Waals surface area contributed by atoms with E-state index in [9.17, 15) is 9.59 Å². The first-order valence-corrected chi connectivity index (χ1v) is 3.97. The van der Waals surface area contributed by atoms with E-state index in [-0.39, 0.29) is 6.54 Å². The average molecular weight is 230 g/mol. The van der Waals surface area contributed by atoms with Gasteiger partial charge in [-0.1, -0.05) is 10.2 Å². The fraction of sp³-hybridized carbons (Fsp3) is 0.667. The molecule has 0 amide bonds. The molecule has 0 aliphatic carbocycles. The van der Waals surface area contributed by atoms with Crippen LogP contribution in [0.5, 0.6) is 0 Å². The van der Waals surface area contributed by atoms with Crippen molar-refractivity contribution in [3.8, 4) is 0 Å². The van der Waals surface area contributed by atoms with Gasteiger partial charge in [0.15, 0.2) is 0 Å². The Kier molecular flexibility index (Phi) is 12.6. The van der Waals surface area contributed by atoms with Crippen molar-refractivity contribution in [1.29, 1.82) is 0 Å². The number of nitrogens with zero attached hydrogens (tertiary/aromatic N) is 6. The predicted octanol–water partition coefficient (Wildman–Crippen LogP) is 1.24. The Bertz CT molecular complexity index is 317. The number of carboxylic acids is 1. The summed E-state index contributed by atoms with van der Waals surface area (Å²) in [6.45, 7) is 1.31. The average Bonchev–Trinajstić information content (AvgIpc) is 2.25. The van der Waals surface area contributed by atoms with Gasteiger partial charge < -0.3 is 9.84 Å². The highest BCUT2D eigenvalue weighted by molar-refractivity contribution is 5.71. The Labute approximate surface area is 90.1 Å². The third-order valence-electron chi connectivity index (χ3n) is 0.838.